The quantitative estimate of drug-likeness (QED) is 0.699. The summed E-state index contributed by atoms with van der Waals surface area (Å²) in [7, 11) is 0. The maximum atomic E-state index is 5.99. The van der Waals surface area contributed by atoms with Crippen molar-refractivity contribution in [3.63, 3.8) is 0 Å². The van der Waals surface area contributed by atoms with Gasteiger partial charge >= 0.3 is 0 Å². The number of ether oxygens (including phenoxy) is 1. The van der Waals surface area contributed by atoms with Gasteiger partial charge in [-0.2, -0.15) is 0 Å². The predicted octanol–water partition coefficient (Wildman–Crippen LogP) is 4.39. The number of unbranched alkanes of at least 4 members (excludes halogenated alkanes) is 2. The number of hydrogen-bond acceptors (Lipinski definition) is 2. The van der Waals surface area contributed by atoms with Crippen molar-refractivity contribution in [1.29, 1.82) is 0 Å². The van der Waals surface area contributed by atoms with E-state index in [1.165, 1.54) is 38.5 Å². The predicted molar refractivity (Wildman–Crippen MR) is 86.0 cm³/mol. The Morgan fingerprint density at radius 1 is 1.25 bits per heavy atom. The summed E-state index contributed by atoms with van der Waals surface area (Å²) in [6, 6.07) is 0.651. The Balaban J connectivity index is 1.81. The van der Waals surface area contributed by atoms with E-state index in [1.807, 2.05) is 0 Å². The van der Waals surface area contributed by atoms with Crippen LogP contribution in [0.2, 0.25) is 0 Å². The zero-order chi connectivity index (χ0) is 14.8. The van der Waals surface area contributed by atoms with Gasteiger partial charge < -0.3 is 10.1 Å². The summed E-state index contributed by atoms with van der Waals surface area (Å²) in [5.74, 6) is 0.755. The van der Waals surface area contributed by atoms with Crippen molar-refractivity contribution in [1.82, 2.24) is 5.32 Å². The minimum atomic E-state index is 0.310. The van der Waals surface area contributed by atoms with Crippen LogP contribution in [0.25, 0.3) is 0 Å². The summed E-state index contributed by atoms with van der Waals surface area (Å²) < 4.78 is 5.99. The molecule has 2 heteroatoms. The molecule has 0 aromatic carbocycles. The highest BCUT2D eigenvalue weighted by Crippen LogP contribution is 2.51. The van der Waals surface area contributed by atoms with Crippen LogP contribution < -0.4 is 5.32 Å². The van der Waals surface area contributed by atoms with Gasteiger partial charge in [0, 0.05) is 30.5 Å². The highest BCUT2D eigenvalue weighted by Gasteiger charge is 2.57. The molecule has 0 amide bonds. The molecule has 1 saturated heterocycles. The highest BCUT2D eigenvalue weighted by atomic mass is 16.5. The molecule has 2 nitrogen and oxygen atoms in total. The molecule has 2 rings (SSSR count). The fourth-order valence-corrected chi connectivity index (χ4v) is 4.27. The van der Waals surface area contributed by atoms with Gasteiger partial charge in [-0.25, -0.2) is 0 Å². The Hall–Kier alpha value is -0.0800. The monoisotopic (exact) mass is 281 g/mol. The van der Waals surface area contributed by atoms with Crippen molar-refractivity contribution < 1.29 is 4.74 Å². The molecule has 0 spiro atoms. The smallest absolute Gasteiger partial charge is 0.0684 e. The lowest BCUT2D eigenvalue weighted by Gasteiger charge is -2.60. The van der Waals surface area contributed by atoms with Gasteiger partial charge in [0.05, 0.1) is 6.10 Å². The maximum Gasteiger partial charge on any atom is 0.0684 e. The third-order valence-corrected chi connectivity index (χ3v) is 5.59. The SMILES string of the molecule is CCCCCC(C)(C)CNC1C2CCCOC2C1(C)C. The first-order chi connectivity index (χ1) is 9.38. The highest BCUT2D eigenvalue weighted by molar-refractivity contribution is 5.10. The molecule has 1 aliphatic carbocycles. The Morgan fingerprint density at radius 3 is 2.70 bits per heavy atom. The number of hydrogen-bond donors (Lipinski definition) is 1. The summed E-state index contributed by atoms with van der Waals surface area (Å²) in [6.45, 7) is 14.0. The van der Waals surface area contributed by atoms with Crippen LogP contribution in [-0.4, -0.2) is 25.3 Å². The Labute approximate surface area is 126 Å². The molecule has 1 aliphatic heterocycles. The Kier molecular flexibility index (Phi) is 5.18. The summed E-state index contributed by atoms with van der Waals surface area (Å²) in [6.07, 6.45) is 8.49. The van der Waals surface area contributed by atoms with E-state index >= 15 is 0 Å². The van der Waals surface area contributed by atoms with Gasteiger partial charge in [-0.15, -0.1) is 0 Å². The minimum Gasteiger partial charge on any atom is -0.377 e. The second-order valence-corrected chi connectivity index (χ2v) is 8.40. The van der Waals surface area contributed by atoms with Crippen LogP contribution in [0.1, 0.15) is 73.1 Å². The van der Waals surface area contributed by atoms with E-state index in [0.717, 1.165) is 19.1 Å². The second-order valence-electron chi connectivity index (χ2n) is 8.40. The van der Waals surface area contributed by atoms with Gasteiger partial charge in [-0.3, -0.25) is 0 Å². The zero-order valence-corrected chi connectivity index (χ0v) is 14.3. The fourth-order valence-electron chi connectivity index (χ4n) is 4.27. The molecular formula is C18H35NO. The molecule has 3 unspecified atom stereocenters. The molecule has 118 valence electrons. The standard InChI is InChI=1S/C18H35NO/c1-6-7-8-11-17(2,3)13-19-15-14-10-9-12-20-16(14)18(15,4)5/h14-16,19H,6-13H2,1-5H3. The third kappa shape index (κ3) is 3.39. The van der Waals surface area contributed by atoms with Crippen LogP contribution in [0.5, 0.6) is 0 Å². The lowest BCUT2D eigenvalue weighted by molar-refractivity contribution is -0.193. The first kappa shape index (κ1) is 16.3. The number of nitrogens with one attached hydrogen (secondary N) is 1. The normalized spacial score (nSPS) is 32.5. The molecule has 0 bridgehead atoms. The molecule has 2 aliphatic rings. The van der Waals surface area contributed by atoms with E-state index in [1.54, 1.807) is 0 Å². The molecule has 2 fully saturated rings. The van der Waals surface area contributed by atoms with Crippen molar-refractivity contribution in [3.8, 4) is 0 Å². The molecule has 3 atom stereocenters. The maximum absolute atomic E-state index is 5.99. The zero-order valence-electron chi connectivity index (χ0n) is 14.3. The van der Waals surface area contributed by atoms with Gasteiger partial charge in [-0.05, 0) is 24.7 Å². The molecule has 1 heterocycles. The van der Waals surface area contributed by atoms with Gasteiger partial charge in [0.25, 0.3) is 0 Å². The van der Waals surface area contributed by atoms with Crippen LogP contribution in [0.3, 0.4) is 0 Å². The molecule has 1 N–H and O–H groups in total. The van der Waals surface area contributed by atoms with Crippen LogP contribution in [0.4, 0.5) is 0 Å². The van der Waals surface area contributed by atoms with Crippen molar-refractivity contribution in [2.45, 2.75) is 85.3 Å². The summed E-state index contributed by atoms with van der Waals surface area (Å²) >= 11 is 0. The average Bonchev–Trinajstić information content (AvgIpc) is 2.38. The van der Waals surface area contributed by atoms with Crippen molar-refractivity contribution in [2.75, 3.05) is 13.2 Å². The van der Waals surface area contributed by atoms with E-state index in [0.29, 0.717) is 23.0 Å². The first-order valence-corrected chi connectivity index (χ1v) is 8.73. The van der Waals surface area contributed by atoms with E-state index in [-0.39, 0.29) is 0 Å². The second kappa shape index (κ2) is 6.36. The fraction of sp³-hybridized carbons (Fsp3) is 1.00. The Morgan fingerprint density at radius 2 is 2.00 bits per heavy atom. The van der Waals surface area contributed by atoms with Gasteiger partial charge in [-0.1, -0.05) is 53.9 Å². The van der Waals surface area contributed by atoms with Crippen molar-refractivity contribution in [3.05, 3.63) is 0 Å². The summed E-state index contributed by atoms with van der Waals surface area (Å²) in [4.78, 5) is 0. The molecule has 0 aromatic rings. The molecule has 1 saturated carbocycles. The van der Waals surface area contributed by atoms with Gasteiger partial charge in [0.2, 0.25) is 0 Å². The molecular weight excluding hydrogens is 246 g/mol. The van der Waals surface area contributed by atoms with E-state index in [4.69, 9.17) is 4.74 Å². The van der Waals surface area contributed by atoms with Crippen LogP contribution in [0, 0.1) is 16.7 Å². The minimum absolute atomic E-state index is 0.310. The third-order valence-electron chi connectivity index (χ3n) is 5.59. The van der Waals surface area contributed by atoms with Gasteiger partial charge in [0.15, 0.2) is 0 Å². The largest absolute Gasteiger partial charge is 0.377 e. The Bertz CT molecular complexity index is 311. The number of rotatable bonds is 7. The number of fused-ring (bicyclic) bond motifs is 1. The van der Waals surface area contributed by atoms with Crippen molar-refractivity contribution in [2.24, 2.45) is 16.7 Å². The van der Waals surface area contributed by atoms with E-state index < -0.39 is 0 Å². The molecule has 0 radical (unpaired) electrons. The van der Waals surface area contributed by atoms with Crippen molar-refractivity contribution >= 4 is 0 Å². The van der Waals surface area contributed by atoms with Crippen LogP contribution in [-0.2, 0) is 4.74 Å². The molecule has 20 heavy (non-hydrogen) atoms. The van der Waals surface area contributed by atoms with Gasteiger partial charge in [0.1, 0.15) is 0 Å². The summed E-state index contributed by atoms with van der Waals surface area (Å²) in [5, 5.41) is 3.90. The van der Waals surface area contributed by atoms with E-state index in [2.05, 4.69) is 39.9 Å². The molecule has 0 aromatic heterocycles. The first-order valence-electron chi connectivity index (χ1n) is 8.73. The lowest BCUT2D eigenvalue weighted by atomic mass is 9.55. The van der Waals surface area contributed by atoms with E-state index in [9.17, 15) is 0 Å². The van der Waals surface area contributed by atoms with Crippen LogP contribution in [0.15, 0.2) is 0 Å². The summed E-state index contributed by atoms with van der Waals surface area (Å²) in [5.41, 5.74) is 0.733. The average molecular weight is 281 g/mol. The van der Waals surface area contributed by atoms with Crippen LogP contribution >= 0.6 is 0 Å². The lowest BCUT2D eigenvalue weighted by Crippen LogP contribution is -2.69. The topological polar surface area (TPSA) is 21.3 Å².